The largest absolute Gasteiger partial charge is 0.495 e. The Morgan fingerprint density at radius 3 is 2.00 bits per heavy atom. The van der Waals surface area contributed by atoms with E-state index in [0.717, 1.165) is 40.1 Å². The molecule has 12 heteroatoms. The fourth-order valence-electron chi connectivity index (χ4n) is 6.48. The summed E-state index contributed by atoms with van der Waals surface area (Å²) in [4.78, 5) is 42.8. The van der Waals surface area contributed by atoms with E-state index >= 15 is 0 Å². The van der Waals surface area contributed by atoms with Crippen LogP contribution in [0.5, 0.6) is 5.75 Å². The summed E-state index contributed by atoms with van der Waals surface area (Å²) in [5.74, 6) is -0.117. The molecule has 2 heterocycles. The molecule has 274 valence electrons. The van der Waals surface area contributed by atoms with Crippen molar-refractivity contribution in [2.24, 2.45) is 0 Å². The molecule has 1 saturated heterocycles. The molecule has 0 aliphatic carbocycles. The molecule has 0 bridgehead atoms. The van der Waals surface area contributed by atoms with Gasteiger partial charge in [0, 0.05) is 59.8 Å². The zero-order chi connectivity index (χ0) is 36.3. The Morgan fingerprint density at radius 1 is 0.750 bits per heavy atom. The lowest BCUT2D eigenvalue weighted by molar-refractivity contribution is 0.00206. The molecule has 0 radical (unpaired) electrons. The van der Waals surface area contributed by atoms with Gasteiger partial charge in [-0.3, -0.25) is 19.3 Å². The number of nitrogens with one attached hydrogen (secondary N) is 2. The van der Waals surface area contributed by atoms with E-state index in [1.165, 1.54) is 4.90 Å². The van der Waals surface area contributed by atoms with Crippen molar-refractivity contribution in [3.05, 3.63) is 101 Å². The molecule has 2 aliphatic heterocycles. The van der Waals surface area contributed by atoms with E-state index < -0.39 is 0 Å². The number of ether oxygens (including phenoxy) is 5. The van der Waals surface area contributed by atoms with Crippen LogP contribution in [0, 0.1) is 0 Å². The molecule has 4 aromatic carbocycles. The van der Waals surface area contributed by atoms with Crippen molar-refractivity contribution in [2.75, 3.05) is 96.9 Å². The lowest BCUT2D eigenvalue weighted by atomic mass is 9.92. The Hall–Kier alpha value is -5.01. The van der Waals surface area contributed by atoms with E-state index in [9.17, 15) is 14.4 Å². The van der Waals surface area contributed by atoms with Crippen molar-refractivity contribution in [1.29, 1.82) is 0 Å². The van der Waals surface area contributed by atoms with Gasteiger partial charge in [-0.2, -0.15) is 0 Å². The summed E-state index contributed by atoms with van der Waals surface area (Å²) in [6, 6.07) is 22.4. The Bertz CT molecular complexity index is 1830. The summed E-state index contributed by atoms with van der Waals surface area (Å²) in [7, 11) is 3.25. The quantitative estimate of drug-likeness (QED) is 0.239. The number of carbonyl (C=O) groups is 3. The van der Waals surface area contributed by atoms with Gasteiger partial charge in [0.25, 0.3) is 17.7 Å². The minimum atomic E-state index is -0.345. The van der Waals surface area contributed by atoms with Crippen LogP contribution in [0.3, 0.4) is 0 Å². The highest BCUT2D eigenvalue weighted by atomic mass is 16.6. The van der Waals surface area contributed by atoms with Crippen LogP contribution in [0.2, 0.25) is 0 Å². The SMILES string of the molecule is CNC(=O)c1ccc(CN2C(=O)c3cccc4c(NCCc5ccc(N6CCOCCOCCOCCOCC6)c(OC)c5)ccc(c34)C2=O)cc1. The first-order valence-electron chi connectivity index (χ1n) is 17.7. The zero-order valence-electron chi connectivity index (χ0n) is 29.8. The van der Waals surface area contributed by atoms with Gasteiger partial charge in [-0.15, -0.1) is 0 Å². The predicted molar refractivity (Wildman–Crippen MR) is 199 cm³/mol. The van der Waals surface area contributed by atoms with Crippen LogP contribution < -0.4 is 20.3 Å². The third-order valence-corrected chi connectivity index (χ3v) is 9.22. The number of imide groups is 1. The van der Waals surface area contributed by atoms with E-state index in [2.05, 4.69) is 33.7 Å². The van der Waals surface area contributed by atoms with Gasteiger partial charge in [0.05, 0.1) is 72.2 Å². The second kappa shape index (κ2) is 18.0. The normalized spacial score (nSPS) is 16.3. The molecule has 12 nitrogen and oxygen atoms in total. The number of hydrogen-bond acceptors (Lipinski definition) is 10. The van der Waals surface area contributed by atoms with Crippen LogP contribution in [0.15, 0.2) is 72.8 Å². The average molecular weight is 711 g/mol. The van der Waals surface area contributed by atoms with Crippen LogP contribution in [-0.4, -0.2) is 109 Å². The summed E-state index contributed by atoms with van der Waals surface area (Å²) < 4.78 is 28.6. The van der Waals surface area contributed by atoms with Crippen LogP contribution >= 0.6 is 0 Å². The van der Waals surface area contributed by atoms with Crippen molar-refractivity contribution in [2.45, 2.75) is 13.0 Å². The average Bonchev–Trinajstić information content (AvgIpc) is 3.19. The number of rotatable bonds is 9. The first kappa shape index (κ1) is 36.8. The van der Waals surface area contributed by atoms with E-state index in [1.807, 2.05) is 18.2 Å². The lowest BCUT2D eigenvalue weighted by Gasteiger charge is -2.28. The molecule has 0 spiro atoms. The molecule has 0 saturated carbocycles. The van der Waals surface area contributed by atoms with Crippen molar-refractivity contribution >= 4 is 39.9 Å². The molecule has 0 unspecified atom stereocenters. The molecular weight excluding hydrogens is 664 g/mol. The summed E-state index contributed by atoms with van der Waals surface area (Å²) in [6.07, 6.45) is 0.718. The van der Waals surface area contributed by atoms with Gasteiger partial charge in [-0.05, 0) is 60.0 Å². The molecule has 0 atom stereocenters. The van der Waals surface area contributed by atoms with Gasteiger partial charge in [0.15, 0.2) is 0 Å². The summed E-state index contributed by atoms with van der Waals surface area (Å²) in [6.45, 7) is 6.36. The molecule has 0 aromatic heterocycles. The molecule has 6 rings (SSSR count). The third-order valence-electron chi connectivity index (χ3n) is 9.22. The lowest BCUT2D eigenvalue weighted by Crippen LogP contribution is -2.39. The maximum atomic E-state index is 13.7. The second-order valence-corrected chi connectivity index (χ2v) is 12.5. The van der Waals surface area contributed by atoms with Crippen LogP contribution in [0.1, 0.15) is 42.2 Å². The summed E-state index contributed by atoms with van der Waals surface area (Å²) >= 11 is 0. The summed E-state index contributed by atoms with van der Waals surface area (Å²) in [5, 5.41) is 7.60. The highest BCUT2D eigenvalue weighted by Crippen LogP contribution is 2.35. The predicted octanol–water partition coefficient (Wildman–Crippen LogP) is 4.55. The second-order valence-electron chi connectivity index (χ2n) is 12.5. The number of benzene rings is 4. The Labute approximate surface area is 303 Å². The van der Waals surface area contributed by atoms with E-state index in [-0.39, 0.29) is 24.3 Å². The van der Waals surface area contributed by atoms with Gasteiger partial charge in [-0.1, -0.05) is 30.3 Å². The molecule has 2 N–H and O–H groups in total. The number of nitrogens with zero attached hydrogens (tertiary/aromatic N) is 2. The zero-order valence-corrected chi connectivity index (χ0v) is 29.8. The van der Waals surface area contributed by atoms with Gasteiger partial charge in [0.2, 0.25) is 0 Å². The van der Waals surface area contributed by atoms with Crippen molar-refractivity contribution in [1.82, 2.24) is 10.2 Å². The van der Waals surface area contributed by atoms with Crippen molar-refractivity contribution in [3.8, 4) is 5.75 Å². The molecule has 52 heavy (non-hydrogen) atoms. The monoisotopic (exact) mass is 710 g/mol. The highest BCUT2D eigenvalue weighted by Gasteiger charge is 2.33. The van der Waals surface area contributed by atoms with E-state index in [1.54, 1.807) is 50.6 Å². The number of anilines is 2. The number of carbonyl (C=O) groups excluding carboxylic acids is 3. The molecule has 1 fully saturated rings. The Kier molecular flexibility index (Phi) is 12.7. The van der Waals surface area contributed by atoms with Gasteiger partial charge < -0.3 is 39.2 Å². The van der Waals surface area contributed by atoms with Crippen molar-refractivity contribution in [3.63, 3.8) is 0 Å². The molecular formula is C40H46N4O8. The van der Waals surface area contributed by atoms with Crippen LogP contribution in [0.4, 0.5) is 11.4 Å². The number of amides is 3. The fourth-order valence-corrected chi connectivity index (χ4v) is 6.48. The van der Waals surface area contributed by atoms with Crippen LogP contribution in [0.25, 0.3) is 10.8 Å². The third kappa shape index (κ3) is 8.71. The van der Waals surface area contributed by atoms with E-state index in [0.29, 0.717) is 94.6 Å². The molecule has 4 aromatic rings. The van der Waals surface area contributed by atoms with Gasteiger partial charge >= 0.3 is 0 Å². The smallest absolute Gasteiger partial charge is 0.261 e. The van der Waals surface area contributed by atoms with Gasteiger partial charge in [-0.25, -0.2) is 0 Å². The first-order chi connectivity index (χ1) is 25.5. The van der Waals surface area contributed by atoms with Gasteiger partial charge in [0.1, 0.15) is 5.75 Å². The fraction of sp³-hybridized carbons (Fsp3) is 0.375. The highest BCUT2D eigenvalue weighted by molar-refractivity contribution is 6.26. The van der Waals surface area contributed by atoms with Crippen LogP contribution in [-0.2, 0) is 31.9 Å². The maximum absolute atomic E-state index is 13.7. The molecule has 2 aliphatic rings. The molecule has 3 amide bonds. The first-order valence-corrected chi connectivity index (χ1v) is 17.7. The number of methoxy groups -OCH3 is 1. The topological polar surface area (TPSA) is 128 Å². The van der Waals surface area contributed by atoms with E-state index in [4.69, 9.17) is 23.7 Å². The standard InChI is InChI=1S/C40H46N4O8/c1-41-38(45)30-9-6-29(7-10-30)27-44-39(46)32-5-3-4-31-34(12-11-33(37(31)32)40(44)47)42-15-14-28-8-13-35(36(26-28)48-2)43-16-18-49-20-22-51-24-25-52-23-21-50-19-17-43/h3-13,26,42H,14-25,27H2,1-2H3,(H,41,45). The maximum Gasteiger partial charge on any atom is 0.261 e. The Morgan fingerprint density at radius 2 is 1.37 bits per heavy atom. The number of hydrogen-bond donors (Lipinski definition) is 2. The minimum Gasteiger partial charge on any atom is -0.495 e. The summed E-state index contributed by atoms with van der Waals surface area (Å²) in [5.41, 5.74) is 5.14. The Balaban J connectivity index is 1.12. The van der Waals surface area contributed by atoms with Crippen molar-refractivity contribution < 1.29 is 38.1 Å². The minimum absolute atomic E-state index is 0.105.